The minimum absolute atomic E-state index is 0.0481. The summed E-state index contributed by atoms with van der Waals surface area (Å²) in [5.41, 5.74) is 0.550. The van der Waals surface area contributed by atoms with E-state index < -0.39 is 0 Å². The molecule has 2 saturated heterocycles. The van der Waals surface area contributed by atoms with Gasteiger partial charge in [-0.3, -0.25) is 14.4 Å². The summed E-state index contributed by atoms with van der Waals surface area (Å²) in [4.78, 5) is 42.1. The highest BCUT2D eigenvalue weighted by molar-refractivity contribution is 5.97. The Kier molecular flexibility index (Phi) is 5.43. The van der Waals surface area contributed by atoms with Crippen LogP contribution < -0.4 is 16.2 Å². The van der Waals surface area contributed by atoms with E-state index in [1.807, 2.05) is 24.3 Å². The van der Waals surface area contributed by atoms with Gasteiger partial charge in [-0.05, 0) is 55.7 Å². The molecule has 7 heteroatoms. The SMILES string of the molecule is O=C(NCC1CCCN(C(=O)c2cc3ccccc3[nH]c2=O)C1)C1CCCN1. The zero-order chi connectivity index (χ0) is 19.5. The lowest BCUT2D eigenvalue weighted by Gasteiger charge is -2.33. The second-order valence-electron chi connectivity index (χ2n) is 7.75. The number of likely N-dealkylation sites (tertiary alicyclic amines) is 1. The minimum Gasteiger partial charge on any atom is -0.354 e. The number of rotatable bonds is 4. The first kappa shape index (κ1) is 18.7. The highest BCUT2D eigenvalue weighted by Gasteiger charge is 2.28. The first-order chi connectivity index (χ1) is 13.6. The fraction of sp³-hybridized carbons (Fsp3) is 0.476. The van der Waals surface area contributed by atoms with E-state index in [9.17, 15) is 14.4 Å². The van der Waals surface area contributed by atoms with Gasteiger partial charge in [0, 0.05) is 25.2 Å². The van der Waals surface area contributed by atoms with Crippen molar-refractivity contribution in [2.45, 2.75) is 31.7 Å². The molecule has 0 spiro atoms. The number of fused-ring (bicyclic) bond motifs is 1. The van der Waals surface area contributed by atoms with E-state index in [1.54, 1.807) is 11.0 Å². The number of para-hydroxylation sites is 1. The number of nitrogens with one attached hydrogen (secondary N) is 3. The molecule has 2 fully saturated rings. The Bertz CT molecular complexity index is 933. The number of hydrogen-bond acceptors (Lipinski definition) is 4. The van der Waals surface area contributed by atoms with Crippen LogP contribution in [0.15, 0.2) is 35.1 Å². The predicted molar refractivity (Wildman–Crippen MR) is 107 cm³/mol. The number of H-pyrrole nitrogens is 1. The van der Waals surface area contributed by atoms with E-state index in [2.05, 4.69) is 15.6 Å². The molecule has 2 aliphatic rings. The fourth-order valence-corrected chi connectivity index (χ4v) is 4.17. The van der Waals surface area contributed by atoms with Crippen LogP contribution in [0, 0.1) is 5.92 Å². The van der Waals surface area contributed by atoms with Crippen molar-refractivity contribution in [1.82, 2.24) is 20.5 Å². The molecule has 2 amide bonds. The molecule has 7 nitrogen and oxygen atoms in total. The van der Waals surface area contributed by atoms with Crippen molar-refractivity contribution in [3.63, 3.8) is 0 Å². The smallest absolute Gasteiger partial charge is 0.261 e. The largest absolute Gasteiger partial charge is 0.354 e. The number of aromatic nitrogens is 1. The number of aromatic amines is 1. The molecule has 148 valence electrons. The average molecular weight is 382 g/mol. The minimum atomic E-state index is -0.355. The summed E-state index contributed by atoms with van der Waals surface area (Å²) in [6.07, 6.45) is 3.76. The van der Waals surface area contributed by atoms with Gasteiger partial charge in [-0.15, -0.1) is 0 Å². The molecule has 3 N–H and O–H groups in total. The predicted octanol–water partition coefficient (Wildman–Crippen LogP) is 1.25. The van der Waals surface area contributed by atoms with Gasteiger partial charge in [0.1, 0.15) is 5.56 Å². The normalized spacial score (nSPS) is 22.4. The Morgan fingerprint density at radius 2 is 2.04 bits per heavy atom. The molecule has 2 aliphatic heterocycles. The Morgan fingerprint density at radius 3 is 2.86 bits per heavy atom. The Balaban J connectivity index is 1.41. The number of amides is 2. The van der Waals surface area contributed by atoms with Crippen molar-refractivity contribution in [3.05, 3.63) is 46.2 Å². The number of hydrogen-bond donors (Lipinski definition) is 3. The number of benzene rings is 1. The average Bonchev–Trinajstić information content (AvgIpc) is 3.26. The van der Waals surface area contributed by atoms with Crippen molar-refractivity contribution in [2.24, 2.45) is 5.92 Å². The van der Waals surface area contributed by atoms with E-state index in [4.69, 9.17) is 0 Å². The van der Waals surface area contributed by atoms with Gasteiger partial charge in [-0.1, -0.05) is 18.2 Å². The van der Waals surface area contributed by atoms with Crippen molar-refractivity contribution < 1.29 is 9.59 Å². The van der Waals surface area contributed by atoms with Crippen molar-refractivity contribution in [3.8, 4) is 0 Å². The number of nitrogens with zero attached hydrogens (tertiary/aromatic N) is 1. The molecule has 28 heavy (non-hydrogen) atoms. The summed E-state index contributed by atoms with van der Waals surface area (Å²) >= 11 is 0. The van der Waals surface area contributed by atoms with E-state index >= 15 is 0 Å². The van der Waals surface area contributed by atoms with Crippen molar-refractivity contribution in [1.29, 1.82) is 0 Å². The standard InChI is InChI=1S/C21H26N4O3/c26-19-16(11-15-6-1-2-7-17(15)24-19)21(28)25-10-4-5-14(13-25)12-23-20(27)18-8-3-9-22-18/h1-2,6-7,11,14,18,22H,3-5,8-10,12-13H2,(H,23,27)(H,24,26). The third-order valence-electron chi connectivity index (χ3n) is 5.73. The van der Waals surface area contributed by atoms with Crippen LogP contribution in [0.4, 0.5) is 0 Å². The lowest BCUT2D eigenvalue weighted by atomic mass is 9.97. The van der Waals surface area contributed by atoms with Crippen LogP contribution in [-0.2, 0) is 4.79 Å². The topological polar surface area (TPSA) is 94.3 Å². The molecule has 2 aromatic rings. The summed E-state index contributed by atoms with van der Waals surface area (Å²) in [6, 6.07) is 9.03. The molecular weight excluding hydrogens is 356 g/mol. The van der Waals surface area contributed by atoms with Crippen LogP contribution in [0.1, 0.15) is 36.0 Å². The van der Waals surface area contributed by atoms with Crippen LogP contribution in [0.2, 0.25) is 0 Å². The summed E-state index contributed by atoms with van der Waals surface area (Å²) in [5.74, 6) is 0.0232. The van der Waals surface area contributed by atoms with E-state index in [-0.39, 0.29) is 34.9 Å². The number of carbonyl (C=O) groups is 2. The first-order valence-corrected chi connectivity index (χ1v) is 10.0. The maximum atomic E-state index is 13.0. The zero-order valence-corrected chi connectivity index (χ0v) is 15.9. The first-order valence-electron chi connectivity index (χ1n) is 10.0. The van der Waals surface area contributed by atoms with Crippen LogP contribution >= 0.6 is 0 Å². The summed E-state index contributed by atoms with van der Waals surface area (Å²) in [6.45, 7) is 2.65. The molecule has 1 aromatic carbocycles. The van der Waals surface area contributed by atoms with Gasteiger partial charge in [0.2, 0.25) is 5.91 Å². The highest BCUT2D eigenvalue weighted by Crippen LogP contribution is 2.19. The number of carbonyl (C=O) groups excluding carboxylic acids is 2. The van der Waals surface area contributed by atoms with Gasteiger partial charge in [-0.2, -0.15) is 0 Å². The molecule has 4 rings (SSSR count). The fourth-order valence-electron chi connectivity index (χ4n) is 4.17. The van der Waals surface area contributed by atoms with Crippen LogP contribution in [0.3, 0.4) is 0 Å². The molecule has 3 heterocycles. The van der Waals surface area contributed by atoms with E-state index in [0.717, 1.165) is 43.1 Å². The van der Waals surface area contributed by atoms with Gasteiger partial charge in [0.05, 0.1) is 6.04 Å². The van der Waals surface area contributed by atoms with E-state index in [1.165, 1.54) is 0 Å². The third kappa shape index (κ3) is 3.94. The molecule has 2 unspecified atom stereocenters. The third-order valence-corrected chi connectivity index (χ3v) is 5.73. The molecule has 0 radical (unpaired) electrons. The Hall–Kier alpha value is -2.67. The van der Waals surface area contributed by atoms with Gasteiger partial charge < -0.3 is 20.5 Å². The van der Waals surface area contributed by atoms with Gasteiger partial charge in [0.15, 0.2) is 0 Å². The summed E-state index contributed by atoms with van der Waals surface area (Å²) < 4.78 is 0. The van der Waals surface area contributed by atoms with Crippen molar-refractivity contribution in [2.75, 3.05) is 26.2 Å². The van der Waals surface area contributed by atoms with Crippen LogP contribution in [-0.4, -0.2) is 53.9 Å². The lowest BCUT2D eigenvalue weighted by Crippen LogP contribution is -2.47. The molecule has 0 bridgehead atoms. The Morgan fingerprint density at radius 1 is 1.18 bits per heavy atom. The lowest BCUT2D eigenvalue weighted by molar-refractivity contribution is -0.123. The molecule has 2 atom stereocenters. The molecule has 1 aromatic heterocycles. The second-order valence-corrected chi connectivity index (χ2v) is 7.75. The maximum absolute atomic E-state index is 13.0. The molecule has 0 aliphatic carbocycles. The van der Waals surface area contributed by atoms with Gasteiger partial charge in [-0.25, -0.2) is 0 Å². The Labute approximate surface area is 163 Å². The summed E-state index contributed by atoms with van der Waals surface area (Å²) in [5, 5.41) is 7.06. The molecule has 0 saturated carbocycles. The highest BCUT2D eigenvalue weighted by atomic mass is 16.2. The van der Waals surface area contributed by atoms with E-state index in [0.29, 0.717) is 19.6 Å². The van der Waals surface area contributed by atoms with Crippen molar-refractivity contribution >= 4 is 22.7 Å². The van der Waals surface area contributed by atoms with Crippen LogP contribution in [0.5, 0.6) is 0 Å². The maximum Gasteiger partial charge on any atom is 0.261 e. The number of piperidine rings is 1. The zero-order valence-electron chi connectivity index (χ0n) is 15.9. The quantitative estimate of drug-likeness (QED) is 0.742. The monoisotopic (exact) mass is 382 g/mol. The van der Waals surface area contributed by atoms with Crippen LogP contribution in [0.25, 0.3) is 10.9 Å². The summed E-state index contributed by atoms with van der Waals surface area (Å²) in [7, 11) is 0. The second kappa shape index (κ2) is 8.14. The van der Waals surface area contributed by atoms with Gasteiger partial charge in [0.25, 0.3) is 11.5 Å². The molecular formula is C21H26N4O3. The van der Waals surface area contributed by atoms with Gasteiger partial charge >= 0.3 is 0 Å². The number of pyridine rings is 1.